The summed E-state index contributed by atoms with van der Waals surface area (Å²) < 4.78 is 55.9. The van der Waals surface area contributed by atoms with E-state index in [-0.39, 0.29) is 18.3 Å². The molecule has 0 aliphatic heterocycles. The standard InChI is InChI=1S/C23H19F4N3O2S/c1-29(22-28-17-6-3-13(24)8-20(17)33-22)14-4-5-15-16(10-21(31)32)18-7-2-12(23(25,26)27)11-30(18)19(15)9-14/h2-3,6-8,11,14H,4-5,9-10H2,1H3,(H,31,32). The number of benzene rings is 1. The molecule has 1 N–H and O–H groups in total. The molecular formula is C23H19F4N3O2S. The summed E-state index contributed by atoms with van der Waals surface area (Å²) in [6, 6.07) is 6.72. The first-order chi connectivity index (χ1) is 15.6. The highest BCUT2D eigenvalue weighted by molar-refractivity contribution is 7.22. The van der Waals surface area contributed by atoms with Gasteiger partial charge in [0.25, 0.3) is 0 Å². The molecular weight excluding hydrogens is 458 g/mol. The van der Waals surface area contributed by atoms with Crippen LogP contribution in [0.15, 0.2) is 36.5 Å². The molecule has 33 heavy (non-hydrogen) atoms. The molecule has 1 aliphatic rings. The van der Waals surface area contributed by atoms with Crippen molar-refractivity contribution < 1.29 is 27.5 Å². The van der Waals surface area contributed by atoms with Crippen molar-refractivity contribution in [1.82, 2.24) is 9.38 Å². The number of carboxylic acids is 1. The van der Waals surface area contributed by atoms with Crippen LogP contribution in [-0.4, -0.2) is 33.6 Å². The van der Waals surface area contributed by atoms with Gasteiger partial charge in [-0.15, -0.1) is 0 Å². The SMILES string of the molecule is CN(c1nc2ccc(F)cc2s1)C1CCc2c(CC(=O)O)c3ccc(C(F)(F)F)cn3c2C1. The first kappa shape index (κ1) is 21.7. The van der Waals surface area contributed by atoms with Crippen LogP contribution in [0.4, 0.5) is 22.7 Å². The maximum atomic E-state index is 13.6. The zero-order chi connectivity index (χ0) is 23.5. The average molecular weight is 477 g/mol. The van der Waals surface area contributed by atoms with Crippen molar-refractivity contribution in [1.29, 1.82) is 0 Å². The van der Waals surface area contributed by atoms with Crippen LogP contribution in [0.25, 0.3) is 15.7 Å². The predicted molar refractivity (Wildman–Crippen MR) is 118 cm³/mol. The van der Waals surface area contributed by atoms with E-state index in [1.54, 1.807) is 6.07 Å². The number of hydrogen-bond donors (Lipinski definition) is 1. The Morgan fingerprint density at radius 2 is 2.09 bits per heavy atom. The van der Waals surface area contributed by atoms with Gasteiger partial charge in [-0.3, -0.25) is 4.79 Å². The molecule has 10 heteroatoms. The Kier molecular flexibility index (Phi) is 5.08. The number of anilines is 1. The summed E-state index contributed by atoms with van der Waals surface area (Å²) in [6.45, 7) is 0. The fourth-order valence-corrected chi connectivity index (χ4v) is 5.66. The number of pyridine rings is 1. The minimum atomic E-state index is -4.50. The Labute approximate surface area is 189 Å². The molecule has 1 aliphatic carbocycles. The molecule has 5 nitrogen and oxygen atoms in total. The molecule has 1 unspecified atom stereocenters. The van der Waals surface area contributed by atoms with Crippen LogP contribution < -0.4 is 4.90 Å². The van der Waals surface area contributed by atoms with Gasteiger partial charge in [-0.1, -0.05) is 11.3 Å². The minimum absolute atomic E-state index is 0.0479. The zero-order valence-electron chi connectivity index (χ0n) is 17.5. The summed E-state index contributed by atoms with van der Waals surface area (Å²) in [5.41, 5.74) is 2.48. The number of fused-ring (bicyclic) bond motifs is 4. The number of hydrogen-bond acceptors (Lipinski definition) is 4. The zero-order valence-corrected chi connectivity index (χ0v) is 18.3. The molecule has 0 fully saturated rings. The van der Waals surface area contributed by atoms with Gasteiger partial charge in [0.05, 0.1) is 22.2 Å². The normalized spacial score (nSPS) is 16.3. The number of halogens is 4. The maximum absolute atomic E-state index is 13.6. The summed E-state index contributed by atoms with van der Waals surface area (Å²) in [7, 11) is 1.87. The van der Waals surface area contributed by atoms with Crippen molar-refractivity contribution in [2.45, 2.75) is 37.9 Å². The summed E-state index contributed by atoms with van der Waals surface area (Å²) in [6.07, 6.45) is -1.99. The van der Waals surface area contributed by atoms with Gasteiger partial charge in [0.2, 0.25) is 0 Å². The molecule has 172 valence electrons. The highest BCUT2D eigenvalue weighted by Crippen LogP contribution is 2.37. The van der Waals surface area contributed by atoms with Crippen LogP contribution in [0.3, 0.4) is 0 Å². The third-order valence-corrected chi connectivity index (χ3v) is 7.37. The second-order valence-electron chi connectivity index (χ2n) is 8.26. The first-order valence-corrected chi connectivity index (χ1v) is 11.2. The summed E-state index contributed by atoms with van der Waals surface area (Å²) >= 11 is 1.36. The van der Waals surface area contributed by atoms with E-state index >= 15 is 0 Å². The number of thiazole rings is 1. The summed E-state index contributed by atoms with van der Waals surface area (Å²) in [5, 5.41) is 10.1. The van der Waals surface area contributed by atoms with Gasteiger partial charge in [-0.2, -0.15) is 13.2 Å². The molecule has 0 saturated heterocycles. The van der Waals surface area contributed by atoms with Crippen LogP contribution in [0.2, 0.25) is 0 Å². The van der Waals surface area contributed by atoms with E-state index in [1.165, 1.54) is 33.9 Å². The number of rotatable bonds is 4. The summed E-state index contributed by atoms with van der Waals surface area (Å²) in [5.74, 6) is -1.36. The summed E-state index contributed by atoms with van der Waals surface area (Å²) in [4.78, 5) is 18.0. The number of likely N-dealkylation sites (N-methyl/N-ethyl adjacent to an activating group) is 1. The lowest BCUT2D eigenvalue weighted by Gasteiger charge is -2.31. The number of nitrogens with zero attached hydrogens (tertiary/aromatic N) is 3. The molecule has 0 amide bonds. The molecule has 3 heterocycles. The fraction of sp³-hybridized carbons (Fsp3) is 0.304. The van der Waals surface area contributed by atoms with Crippen molar-refractivity contribution in [3.05, 3.63) is 64.7 Å². The van der Waals surface area contributed by atoms with E-state index in [0.29, 0.717) is 46.7 Å². The minimum Gasteiger partial charge on any atom is -0.481 e. The van der Waals surface area contributed by atoms with E-state index < -0.39 is 17.7 Å². The largest absolute Gasteiger partial charge is 0.481 e. The fourth-order valence-electron chi connectivity index (χ4n) is 4.64. The van der Waals surface area contributed by atoms with Crippen LogP contribution in [0.1, 0.15) is 28.8 Å². The molecule has 3 aromatic heterocycles. The monoisotopic (exact) mass is 477 g/mol. The third-order valence-electron chi connectivity index (χ3n) is 6.26. The number of aliphatic carboxylic acids is 1. The van der Waals surface area contributed by atoms with Gasteiger partial charge in [0.1, 0.15) is 5.82 Å². The lowest BCUT2D eigenvalue weighted by Crippen LogP contribution is -2.36. The van der Waals surface area contributed by atoms with Crippen molar-refractivity contribution >= 4 is 38.2 Å². The number of carbonyl (C=O) groups is 1. The van der Waals surface area contributed by atoms with Crippen LogP contribution in [-0.2, 0) is 30.2 Å². The molecule has 0 saturated carbocycles. The molecule has 1 aromatic carbocycles. The van der Waals surface area contributed by atoms with Gasteiger partial charge < -0.3 is 14.4 Å². The van der Waals surface area contributed by atoms with Gasteiger partial charge in [0, 0.05) is 36.9 Å². The highest BCUT2D eigenvalue weighted by Gasteiger charge is 2.34. The molecule has 0 bridgehead atoms. The van der Waals surface area contributed by atoms with Crippen LogP contribution in [0, 0.1) is 5.82 Å². The Morgan fingerprint density at radius 1 is 1.30 bits per heavy atom. The van der Waals surface area contributed by atoms with Crippen LogP contribution >= 0.6 is 11.3 Å². The van der Waals surface area contributed by atoms with Crippen LogP contribution in [0.5, 0.6) is 0 Å². The third kappa shape index (κ3) is 3.82. The van der Waals surface area contributed by atoms with Crippen molar-refractivity contribution in [3.8, 4) is 0 Å². The quantitative estimate of drug-likeness (QED) is 0.404. The van der Waals surface area contributed by atoms with Gasteiger partial charge in [0.15, 0.2) is 5.13 Å². The topological polar surface area (TPSA) is 57.8 Å². The Morgan fingerprint density at radius 3 is 2.82 bits per heavy atom. The van der Waals surface area contributed by atoms with Crippen molar-refractivity contribution in [2.24, 2.45) is 0 Å². The molecule has 1 atom stereocenters. The molecule has 4 aromatic rings. The lowest BCUT2D eigenvalue weighted by molar-refractivity contribution is -0.138. The van der Waals surface area contributed by atoms with E-state index in [2.05, 4.69) is 4.98 Å². The van der Waals surface area contributed by atoms with Gasteiger partial charge in [-0.05, 0) is 54.3 Å². The van der Waals surface area contributed by atoms with Crippen molar-refractivity contribution in [2.75, 3.05) is 11.9 Å². The Bertz CT molecular complexity index is 1390. The number of aromatic nitrogens is 2. The second-order valence-corrected chi connectivity index (χ2v) is 9.27. The Hall–Kier alpha value is -3.14. The van der Waals surface area contributed by atoms with E-state index in [4.69, 9.17) is 0 Å². The van der Waals surface area contributed by atoms with Gasteiger partial charge >= 0.3 is 12.1 Å². The van der Waals surface area contributed by atoms with Gasteiger partial charge in [-0.25, -0.2) is 9.37 Å². The number of carboxylic acid groups (broad SMARTS) is 1. The lowest BCUT2D eigenvalue weighted by atomic mass is 9.89. The maximum Gasteiger partial charge on any atom is 0.417 e. The molecule has 0 radical (unpaired) electrons. The van der Waals surface area contributed by atoms with Crippen molar-refractivity contribution in [3.63, 3.8) is 0 Å². The Balaban J connectivity index is 1.55. The second kappa shape index (κ2) is 7.72. The average Bonchev–Trinajstić information content (AvgIpc) is 3.31. The highest BCUT2D eigenvalue weighted by atomic mass is 32.1. The predicted octanol–water partition coefficient (Wildman–Crippen LogP) is 5.33. The van der Waals surface area contributed by atoms with E-state index in [0.717, 1.165) is 22.5 Å². The molecule has 5 rings (SSSR count). The smallest absolute Gasteiger partial charge is 0.417 e. The van der Waals surface area contributed by atoms with E-state index in [1.807, 2.05) is 11.9 Å². The number of alkyl halides is 3. The molecule has 0 spiro atoms. The first-order valence-electron chi connectivity index (χ1n) is 10.3. The van der Waals surface area contributed by atoms with E-state index in [9.17, 15) is 27.5 Å².